The number of hydrogen-bond acceptors (Lipinski definition) is 1. The van der Waals surface area contributed by atoms with Crippen LogP contribution in [0, 0.1) is 0 Å². The molecule has 4 rings (SSSR count). The smallest absolute Gasteiger partial charge is 0.138 e. The number of halogens is 1. The lowest BCUT2D eigenvalue weighted by molar-refractivity contribution is 1.34. The van der Waals surface area contributed by atoms with Crippen LogP contribution in [0.2, 0.25) is 5.02 Å². The fraction of sp³-hybridized carbons (Fsp3) is 0. The molecule has 0 aliphatic rings. The summed E-state index contributed by atoms with van der Waals surface area (Å²) in [6.45, 7) is 0. The second-order valence-electron chi connectivity index (χ2n) is 4.81. The van der Waals surface area contributed by atoms with Crippen molar-refractivity contribution in [3.05, 3.63) is 65.7 Å². The Morgan fingerprint density at radius 1 is 0.850 bits per heavy atom. The van der Waals surface area contributed by atoms with Crippen LogP contribution in [-0.2, 0) is 0 Å². The second-order valence-corrected chi connectivity index (χ2v) is 5.25. The van der Waals surface area contributed by atoms with E-state index in [1.54, 1.807) is 0 Å². The van der Waals surface area contributed by atoms with Gasteiger partial charge in [0.1, 0.15) is 5.82 Å². The normalized spacial score (nSPS) is 11.2. The molecule has 3 aromatic carbocycles. The van der Waals surface area contributed by atoms with Crippen molar-refractivity contribution in [3.8, 4) is 11.4 Å². The van der Waals surface area contributed by atoms with Crippen molar-refractivity contribution >= 4 is 33.4 Å². The van der Waals surface area contributed by atoms with Crippen molar-refractivity contribution in [1.29, 1.82) is 0 Å². The molecule has 1 aromatic heterocycles. The molecule has 0 aliphatic carbocycles. The summed E-state index contributed by atoms with van der Waals surface area (Å²) in [5, 5.41) is 3.01. The third-order valence-corrected chi connectivity index (χ3v) is 3.68. The van der Waals surface area contributed by atoms with E-state index in [-0.39, 0.29) is 0 Å². The SMILES string of the molecule is Clc1ccc2cc3nc(-c4ccccc4)[nH]c3cc2c1. The number of imidazole rings is 1. The number of aromatic nitrogens is 2. The average Bonchev–Trinajstić information content (AvgIpc) is 2.88. The van der Waals surface area contributed by atoms with E-state index < -0.39 is 0 Å². The first kappa shape index (κ1) is 11.5. The van der Waals surface area contributed by atoms with Gasteiger partial charge in [0.2, 0.25) is 0 Å². The van der Waals surface area contributed by atoms with Gasteiger partial charge < -0.3 is 4.98 Å². The molecule has 0 aliphatic heterocycles. The predicted molar refractivity (Wildman–Crippen MR) is 84.0 cm³/mol. The zero-order valence-electron chi connectivity index (χ0n) is 10.6. The maximum absolute atomic E-state index is 6.05. The fourth-order valence-corrected chi connectivity index (χ4v) is 2.64. The monoisotopic (exact) mass is 278 g/mol. The molecule has 0 fully saturated rings. The zero-order chi connectivity index (χ0) is 13.5. The van der Waals surface area contributed by atoms with Crippen LogP contribution < -0.4 is 0 Å². The number of rotatable bonds is 1. The van der Waals surface area contributed by atoms with Crippen LogP contribution >= 0.6 is 11.6 Å². The molecule has 3 heteroatoms. The quantitative estimate of drug-likeness (QED) is 0.519. The lowest BCUT2D eigenvalue weighted by atomic mass is 10.1. The van der Waals surface area contributed by atoms with Gasteiger partial charge in [-0.15, -0.1) is 0 Å². The predicted octanol–water partition coefficient (Wildman–Crippen LogP) is 5.04. The molecule has 0 atom stereocenters. The molecular weight excluding hydrogens is 268 g/mol. The Kier molecular flexibility index (Phi) is 2.51. The number of nitrogens with zero attached hydrogens (tertiary/aromatic N) is 1. The summed E-state index contributed by atoms with van der Waals surface area (Å²) in [5.74, 6) is 0.891. The minimum absolute atomic E-state index is 0.750. The Labute approximate surface area is 121 Å². The van der Waals surface area contributed by atoms with E-state index in [9.17, 15) is 0 Å². The lowest BCUT2D eigenvalue weighted by Crippen LogP contribution is -1.77. The highest BCUT2D eigenvalue weighted by Crippen LogP contribution is 2.26. The van der Waals surface area contributed by atoms with Gasteiger partial charge in [0.25, 0.3) is 0 Å². The van der Waals surface area contributed by atoms with E-state index in [4.69, 9.17) is 11.6 Å². The Balaban J connectivity index is 1.97. The summed E-state index contributed by atoms with van der Waals surface area (Å²) in [4.78, 5) is 8.04. The summed E-state index contributed by atoms with van der Waals surface area (Å²) >= 11 is 6.05. The third kappa shape index (κ3) is 1.86. The van der Waals surface area contributed by atoms with Crippen LogP contribution in [0.1, 0.15) is 0 Å². The molecule has 1 N–H and O–H groups in total. The first-order valence-corrected chi connectivity index (χ1v) is 6.82. The summed E-state index contributed by atoms with van der Waals surface area (Å²) in [5.41, 5.74) is 3.09. The van der Waals surface area contributed by atoms with Gasteiger partial charge in [0, 0.05) is 10.6 Å². The van der Waals surface area contributed by atoms with Crippen LogP contribution in [0.15, 0.2) is 60.7 Å². The van der Waals surface area contributed by atoms with Crippen molar-refractivity contribution in [2.45, 2.75) is 0 Å². The van der Waals surface area contributed by atoms with Crippen molar-refractivity contribution in [3.63, 3.8) is 0 Å². The van der Waals surface area contributed by atoms with Gasteiger partial charge in [-0.1, -0.05) is 48.0 Å². The van der Waals surface area contributed by atoms with E-state index in [0.717, 1.165) is 38.2 Å². The van der Waals surface area contributed by atoms with Gasteiger partial charge in [-0.2, -0.15) is 0 Å². The zero-order valence-corrected chi connectivity index (χ0v) is 11.4. The molecule has 0 radical (unpaired) electrons. The van der Waals surface area contributed by atoms with E-state index in [2.05, 4.69) is 22.1 Å². The minimum Gasteiger partial charge on any atom is -0.338 e. The van der Waals surface area contributed by atoms with Gasteiger partial charge in [-0.05, 0) is 35.0 Å². The molecule has 0 bridgehead atoms. The number of hydrogen-bond donors (Lipinski definition) is 1. The van der Waals surface area contributed by atoms with Crippen LogP contribution in [0.5, 0.6) is 0 Å². The Morgan fingerprint density at radius 3 is 2.55 bits per heavy atom. The molecular formula is C17H11ClN2. The van der Waals surface area contributed by atoms with Gasteiger partial charge in [0.05, 0.1) is 11.0 Å². The highest BCUT2D eigenvalue weighted by atomic mass is 35.5. The first-order valence-electron chi connectivity index (χ1n) is 6.44. The largest absolute Gasteiger partial charge is 0.338 e. The van der Waals surface area contributed by atoms with Crippen molar-refractivity contribution in [2.75, 3.05) is 0 Å². The maximum Gasteiger partial charge on any atom is 0.138 e. The van der Waals surface area contributed by atoms with Gasteiger partial charge >= 0.3 is 0 Å². The third-order valence-electron chi connectivity index (χ3n) is 3.45. The van der Waals surface area contributed by atoms with Crippen LogP contribution in [-0.4, -0.2) is 9.97 Å². The van der Waals surface area contributed by atoms with Crippen LogP contribution in [0.4, 0.5) is 0 Å². The van der Waals surface area contributed by atoms with Crippen molar-refractivity contribution in [2.24, 2.45) is 0 Å². The molecule has 2 nitrogen and oxygen atoms in total. The topological polar surface area (TPSA) is 28.7 Å². The molecule has 1 heterocycles. The number of nitrogens with one attached hydrogen (secondary N) is 1. The van der Waals surface area contributed by atoms with Gasteiger partial charge in [-0.25, -0.2) is 4.98 Å². The van der Waals surface area contributed by atoms with Crippen molar-refractivity contribution < 1.29 is 0 Å². The number of fused-ring (bicyclic) bond motifs is 2. The molecule has 20 heavy (non-hydrogen) atoms. The lowest BCUT2D eigenvalue weighted by Gasteiger charge is -1.98. The minimum atomic E-state index is 0.750. The highest BCUT2D eigenvalue weighted by molar-refractivity contribution is 6.31. The Bertz CT molecular complexity index is 910. The van der Waals surface area contributed by atoms with Crippen molar-refractivity contribution in [1.82, 2.24) is 9.97 Å². The number of aromatic amines is 1. The number of H-pyrrole nitrogens is 1. The Hall–Kier alpha value is -2.32. The summed E-state index contributed by atoms with van der Waals surface area (Å²) in [6, 6.07) is 20.2. The maximum atomic E-state index is 6.05. The molecule has 4 aromatic rings. The summed E-state index contributed by atoms with van der Waals surface area (Å²) in [7, 11) is 0. The van der Waals surface area contributed by atoms with Gasteiger partial charge in [-0.3, -0.25) is 0 Å². The first-order chi connectivity index (χ1) is 9.79. The molecule has 0 amide bonds. The molecule has 0 saturated heterocycles. The average molecular weight is 279 g/mol. The standard InChI is InChI=1S/C17H11ClN2/c18-14-7-6-12-9-15-16(10-13(12)8-14)20-17(19-15)11-4-2-1-3-5-11/h1-10H,(H,19,20). The molecule has 0 spiro atoms. The van der Waals surface area contributed by atoms with E-state index in [0.29, 0.717) is 0 Å². The molecule has 0 unspecified atom stereocenters. The highest BCUT2D eigenvalue weighted by Gasteiger charge is 2.06. The van der Waals surface area contributed by atoms with Crippen LogP contribution in [0.25, 0.3) is 33.2 Å². The Morgan fingerprint density at radius 2 is 1.70 bits per heavy atom. The fourth-order valence-electron chi connectivity index (χ4n) is 2.46. The summed E-state index contributed by atoms with van der Waals surface area (Å²) in [6.07, 6.45) is 0. The van der Waals surface area contributed by atoms with E-state index in [1.165, 1.54) is 0 Å². The molecule has 96 valence electrons. The molecule has 0 saturated carbocycles. The van der Waals surface area contributed by atoms with E-state index in [1.807, 2.05) is 48.5 Å². The van der Waals surface area contributed by atoms with Crippen LogP contribution in [0.3, 0.4) is 0 Å². The number of benzene rings is 3. The summed E-state index contributed by atoms with van der Waals surface area (Å²) < 4.78 is 0. The second kappa shape index (κ2) is 4.36. The van der Waals surface area contributed by atoms with E-state index >= 15 is 0 Å². The van der Waals surface area contributed by atoms with Gasteiger partial charge in [0.15, 0.2) is 0 Å².